The largest absolute Gasteiger partial charge is 0.348 e. The molecule has 0 spiro atoms. The average Bonchev–Trinajstić information content (AvgIpc) is 2.93. The van der Waals surface area contributed by atoms with E-state index in [2.05, 4.69) is 10.6 Å². The smallest absolute Gasteiger partial charge is 0.264 e. The van der Waals surface area contributed by atoms with Gasteiger partial charge in [0.1, 0.15) is 6.54 Å². The first-order valence-electron chi connectivity index (χ1n) is 12.2. The van der Waals surface area contributed by atoms with Crippen LogP contribution < -0.4 is 14.9 Å². The molecule has 0 unspecified atom stereocenters. The molecule has 2 amide bonds. The first-order chi connectivity index (χ1) is 18.6. The molecular formula is C30H28ClN3O4S. The number of aryl methyl sites for hydroxylation is 2. The van der Waals surface area contributed by atoms with Gasteiger partial charge in [0.2, 0.25) is 5.91 Å². The molecule has 9 heteroatoms. The molecule has 0 atom stereocenters. The zero-order valence-electron chi connectivity index (χ0n) is 21.5. The van der Waals surface area contributed by atoms with E-state index in [1.165, 1.54) is 18.2 Å². The third kappa shape index (κ3) is 6.85. The molecule has 0 aliphatic carbocycles. The number of nitrogens with zero attached hydrogens (tertiary/aromatic N) is 1. The summed E-state index contributed by atoms with van der Waals surface area (Å²) in [6.07, 6.45) is 0. The van der Waals surface area contributed by atoms with Crippen LogP contribution in [0.4, 0.5) is 11.4 Å². The quantitative estimate of drug-likeness (QED) is 0.273. The first-order valence-corrected chi connectivity index (χ1v) is 14.0. The summed E-state index contributed by atoms with van der Waals surface area (Å²) in [6.45, 7) is 3.39. The summed E-state index contributed by atoms with van der Waals surface area (Å²) in [5, 5.41) is 5.90. The molecule has 0 heterocycles. The van der Waals surface area contributed by atoms with Crippen molar-refractivity contribution in [3.63, 3.8) is 0 Å². The summed E-state index contributed by atoms with van der Waals surface area (Å²) in [5.74, 6) is -0.988. The lowest BCUT2D eigenvalue weighted by atomic mass is 10.1. The van der Waals surface area contributed by atoms with Crippen LogP contribution in [-0.4, -0.2) is 26.8 Å². The van der Waals surface area contributed by atoms with Gasteiger partial charge in [-0.15, -0.1) is 0 Å². The number of anilines is 2. The summed E-state index contributed by atoms with van der Waals surface area (Å²) in [7, 11) is -4.13. The highest BCUT2D eigenvalue weighted by Gasteiger charge is 2.29. The summed E-state index contributed by atoms with van der Waals surface area (Å²) in [4.78, 5) is 26.3. The van der Waals surface area contributed by atoms with Crippen LogP contribution in [0.2, 0.25) is 5.02 Å². The van der Waals surface area contributed by atoms with E-state index in [9.17, 15) is 18.0 Å². The zero-order valence-corrected chi connectivity index (χ0v) is 23.1. The van der Waals surface area contributed by atoms with Gasteiger partial charge < -0.3 is 10.6 Å². The van der Waals surface area contributed by atoms with Gasteiger partial charge in [-0.05, 0) is 61.4 Å². The van der Waals surface area contributed by atoms with E-state index in [-0.39, 0.29) is 27.7 Å². The average molecular weight is 562 g/mol. The molecule has 0 aliphatic rings. The van der Waals surface area contributed by atoms with Crippen molar-refractivity contribution >= 4 is 44.8 Å². The van der Waals surface area contributed by atoms with E-state index < -0.39 is 22.5 Å². The summed E-state index contributed by atoms with van der Waals surface area (Å²) >= 11 is 6.21. The van der Waals surface area contributed by atoms with Crippen molar-refractivity contribution in [2.75, 3.05) is 16.2 Å². The lowest BCUT2D eigenvalue weighted by Gasteiger charge is -2.26. The second-order valence-corrected chi connectivity index (χ2v) is 11.3. The molecule has 4 aromatic carbocycles. The predicted octanol–water partition coefficient (Wildman–Crippen LogP) is 5.72. The van der Waals surface area contributed by atoms with Crippen LogP contribution in [-0.2, 0) is 21.4 Å². The van der Waals surface area contributed by atoms with E-state index >= 15 is 0 Å². The minimum absolute atomic E-state index is 0.0426. The van der Waals surface area contributed by atoms with Crippen molar-refractivity contribution in [1.29, 1.82) is 0 Å². The minimum atomic E-state index is -4.13. The molecule has 0 saturated heterocycles. The Kier molecular flexibility index (Phi) is 8.69. The number of hydrogen-bond donors (Lipinski definition) is 2. The van der Waals surface area contributed by atoms with Gasteiger partial charge in [0.05, 0.1) is 21.8 Å². The first kappa shape index (κ1) is 27.9. The molecule has 2 N–H and O–H groups in total. The number of hydrogen-bond acceptors (Lipinski definition) is 4. The van der Waals surface area contributed by atoms with Crippen LogP contribution in [0, 0.1) is 13.8 Å². The Balaban J connectivity index is 1.60. The molecule has 39 heavy (non-hydrogen) atoms. The molecule has 7 nitrogen and oxygen atoms in total. The van der Waals surface area contributed by atoms with Gasteiger partial charge in [-0.2, -0.15) is 0 Å². The minimum Gasteiger partial charge on any atom is -0.348 e. The molecule has 0 bridgehead atoms. The molecule has 0 radical (unpaired) electrons. The number of halogens is 1. The Morgan fingerprint density at radius 3 is 2.23 bits per heavy atom. The lowest BCUT2D eigenvalue weighted by molar-refractivity contribution is -0.114. The predicted molar refractivity (Wildman–Crippen MR) is 155 cm³/mol. The van der Waals surface area contributed by atoms with E-state index in [0.29, 0.717) is 17.1 Å². The molecule has 4 aromatic rings. The maximum atomic E-state index is 13.7. The fraction of sp³-hybridized carbons (Fsp3) is 0.133. The van der Waals surface area contributed by atoms with Crippen molar-refractivity contribution < 1.29 is 18.0 Å². The van der Waals surface area contributed by atoms with Gasteiger partial charge in [0.25, 0.3) is 15.9 Å². The molecule has 0 fully saturated rings. The van der Waals surface area contributed by atoms with Crippen molar-refractivity contribution in [3.05, 3.63) is 124 Å². The van der Waals surface area contributed by atoms with Gasteiger partial charge in [0, 0.05) is 11.6 Å². The Morgan fingerprint density at radius 1 is 0.846 bits per heavy atom. The fourth-order valence-corrected chi connectivity index (χ4v) is 5.62. The van der Waals surface area contributed by atoms with Crippen molar-refractivity contribution in [1.82, 2.24) is 5.32 Å². The molecule has 0 aliphatic heterocycles. The highest BCUT2D eigenvalue weighted by atomic mass is 35.5. The van der Waals surface area contributed by atoms with Gasteiger partial charge in [-0.25, -0.2) is 8.42 Å². The SMILES string of the molecule is Cc1ccc(S(=O)(=O)N(CC(=O)Nc2ccccc2C(=O)NCc2ccccc2)c2cc(Cl)ccc2C)cc1. The maximum absolute atomic E-state index is 13.7. The van der Waals surface area contributed by atoms with Crippen molar-refractivity contribution in [2.45, 2.75) is 25.3 Å². The number of para-hydroxylation sites is 1. The van der Waals surface area contributed by atoms with Gasteiger partial charge in [-0.3, -0.25) is 13.9 Å². The van der Waals surface area contributed by atoms with Gasteiger partial charge in [0.15, 0.2) is 0 Å². The molecule has 4 rings (SSSR count). The Bertz CT molecular complexity index is 1590. The highest BCUT2D eigenvalue weighted by Crippen LogP contribution is 2.30. The lowest BCUT2D eigenvalue weighted by Crippen LogP contribution is -2.39. The van der Waals surface area contributed by atoms with Crippen molar-refractivity contribution in [3.8, 4) is 0 Å². The van der Waals surface area contributed by atoms with Crippen LogP contribution in [0.5, 0.6) is 0 Å². The Labute approximate surface area is 233 Å². The number of benzene rings is 4. The third-order valence-corrected chi connectivity index (χ3v) is 8.09. The second kappa shape index (κ2) is 12.1. The van der Waals surface area contributed by atoms with Gasteiger partial charge in [-0.1, -0.05) is 77.8 Å². The third-order valence-electron chi connectivity index (χ3n) is 6.08. The van der Waals surface area contributed by atoms with E-state index in [1.54, 1.807) is 55.5 Å². The molecule has 0 aromatic heterocycles. The number of carbonyl (C=O) groups excluding carboxylic acids is 2. The van der Waals surface area contributed by atoms with Crippen LogP contribution in [0.25, 0.3) is 0 Å². The highest BCUT2D eigenvalue weighted by molar-refractivity contribution is 7.92. The monoisotopic (exact) mass is 561 g/mol. The van der Waals surface area contributed by atoms with Gasteiger partial charge >= 0.3 is 0 Å². The van der Waals surface area contributed by atoms with E-state index in [4.69, 9.17) is 11.6 Å². The maximum Gasteiger partial charge on any atom is 0.264 e. The normalized spacial score (nSPS) is 11.1. The van der Waals surface area contributed by atoms with Crippen LogP contribution in [0.1, 0.15) is 27.0 Å². The van der Waals surface area contributed by atoms with Crippen LogP contribution >= 0.6 is 11.6 Å². The number of amides is 2. The van der Waals surface area contributed by atoms with E-state index in [1.807, 2.05) is 37.3 Å². The standard InChI is InChI=1S/C30H28ClN3O4S/c1-21-12-16-25(17-13-21)39(37,38)34(28-18-24(31)15-14-22(28)2)20-29(35)33-27-11-7-6-10-26(27)30(36)32-19-23-8-4-3-5-9-23/h3-18H,19-20H2,1-2H3,(H,32,36)(H,33,35). The number of rotatable bonds is 9. The van der Waals surface area contributed by atoms with E-state index in [0.717, 1.165) is 15.4 Å². The summed E-state index contributed by atoms with van der Waals surface area (Å²) < 4.78 is 28.5. The molecule has 200 valence electrons. The molecule has 0 saturated carbocycles. The number of carbonyl (C=O) groups is 2. The summed E-state index contributed by atoms with van der Waals surface area (Å²) in [5.41, 5.74) is 3.27. The Morgan fingerprint density at radius 2 is 1.51 bits per heavy atom. The Hall–Kier alpha value is -4.14. The summed E-state index contributed by atoms with van der Waals surface area (Å²) in [6, 6.07) is 27.3. The number of nitrogens with one attached hydrogen (secondary N) is 2. The fourth-order valence-electron chi connectivity index (χ4n) is 3.97. The van der Waals surface area contributed by atoms with Crippen LogP contribution in [0.3, 0.4) is 0 Å². The van der Waals surface area contributed by atoms with Crippen LogP contribution in [0.15, 0.2) is 102 Å². The number of sulfonamides is 1. The molecular weight excluding hydrogens is 534 g/mol. The van der Waals surface area contributed by atoms with Crippen molar-refractivity contribution in [2.24, 2.45) is 0 Å². The second-order valence-electron chi connectivity index (χ2n) is 9.02. The zero-order chi connectivity index (χ0) is 28.0. The topological polar surface area (TPSA) is 95.6 Å².